The minimum absolute atomic E-state index is 0.487. The molecule has 1 aromatic heterocycles. The maximum absolute atomic E-state index is 4.60. The Bertz CT molecular complexity index is 389. The number of nitrogens with one attached hydrogen (secondary N) is 1. The maximum atomic E-state index is 4.60. The summed E-state index contributed by atoms with van der Waals surface area (Å²) in [5.74, 6) is 1.75. The van der Waals surface area contributed by atoms with Crippen molar-refractivity contribution in [3.05, 3.63) is 17.5 Å². The van der Waals surface area contributed by atoms with Gasteiger partial charge in [-0.25, -0.2) is 0 Å². The summed E-state index contributed by atoms with van der Waals surface area (Å²) in [6, 6.07) is 0.487. The molecule has 0 aliphatic heterocycles. The van der Waals surface area contributed by atoms with E-state index in [4.69, 9.17) is 0 Å². The SMILES string of the molecule is CCc1nn(C)cc1C(NC)C1CCC(CC)CC1. The second kappa shape index (κ2) is 6.56. The minimum Gasteiger partial charge on any atom is -0.313 e. The first-order chi connectivity index (χ1) is 9.19. The van der Waals surface area contributed by atoms with E-state index >= 15 is 0 Å². The lowest BCUT2D eigenvalue weighted by Crippen LogP contribution is -2.29. The summed E-state index contributed by atoms with van der Waals surface area (Å²) in [4.78, 5) is 0. The highest BCUT2D eigenvalue weighted by Gasteiger charge is 2.29. The summed E-state index contributed by atoms with van der Waals surface area (Å²) in [7, 11) is 4.13. The lowest BCUT2D eigenvalue weighted by Gasteiger charge is -2.33. The zero-order chi connectivity index (χ0) is 13.8. The molecule has 1 aliphatic rings. The smallest absolute Gasteiger partial charge is 0.0669 e. The molecule has 1 fully saturated rings. The van der Waals surface area contributed by atoms with Gasteiger partial charge in [0.2, 0.25) is 0 Å². The second-order valence-corrected chi connectivity index (χ2v) is 6.01. The molecule has 0 spiro atoms. The molecular weight excluding hydrogens is 234 g/mol. The first-order valence-electron chi connectivity index (χ1n) is 7.89. The number of aryl methyl sites for hydroxylation is 2. The Kier molecular flexibility index (Phi) is 5.03. The molecule has 3 nitrogen and oxygen atoms in total. The zero-order valence-electron chi connectivity index (χ0n) is 12.9. The van der Waals surface area contributed by atoms with E-state index in [1.54, 1.807) is 0 Å². The zero-order valence-corrected chi connectivity index (χ0v) is 12.9. The summed E-state index contributed by atoms with van der Waals surface area (Å²) in [6.45, 7) is 4.53. The van der Waals surface area contributed by atoms with Gasteiger partial charge in [-0.15, -0.1) is 0 Å². The summed E-state index contributed by atoms with van der Waals surface area (Å²) in [5, 5.41) is 8.16. The predicted molar refractivity (Wildman–Crippen MR) is 80.1 cm³/mol. The van der Waals surface area contributed by atoms with Crippen molar-refractivity contribution in [2.24, 2.45) is 18.9 Å². The average Bonchev–Trinajstić information content (AvgIpc) is 2.81. The Balaban J connectivity index is 2.11. The highest BCUT2D eigenvalue weighted by Crippen LogP contribution is 2.38. The molecule has 1 aromatic rings. The molecule has 0 saturated heterocycles. The first kappa shape index (κ1) is 14.6. The van der Waals surface area contributed by atoms with E-state index in [2.05, 4.69) is 37.5 Å². The fourth-order valence-electron chi connectivity index (χ4n) is 3.66. The molecule has 1 saturated carbocycles. The largest absolute Gasteiger partial charge is 0.313 e. The van der Waals surface area contributed by atoms with Crippen molar-refractivity contribution < 1.29 is 0 Å². The number of hydrogen-bond acceptors (Lipinski definition) is 2. The van der Waals surface area contributed by atoms with Gasteiger partial charge in [-0.2, -0.15) is 5.10 Å². The van der Waals surface area contributed by atoms with Gasteiger partial charge in [0.05, 0.1) is 5.69 Å². The van der Waals surface area contributed by atoms with Crippen LogP contribution in [0.15, 0.2) is 6.20 Å². The molecule has 108 valence electrons. The van der Waals surface area contributed by atoms with Crippen LogP contribution in [-0.2, 0) is 13.5 Å². The third-order valence-corrected chi connectivity index (χ3v) is 4.86. The Hall–Kier alpha value is -0.830. The topological polar surface area (TPSA) is 29.9 Å². The van der Waals surface area contributed by atoms with E-state index < -0.39 is 0 Å². The van der Waals surface area contributed by atoms with Crippen molar-refractivity contribution in [3.63, 3.8) is 0 Å². The van der Waals surface area contributed by atoms with Crippen LogP contribution < -0.4 is 5.32 Å². The molecule has 19 heavy (non-hydrogen) atoms. The molecule has 3 heteroatoms. The Morgan fingerprint density at radius 3 is 2.53 bits per heavy atom. The van der Waals surface area contributed by atoms with Crippen LogP contribution in [-0.4, -0.2) is 16.8 Å². The summed E-state index contributed by atoms with van der Waals surface area (Å²) in [5.41, 5.74) is 2.69. The van der Waals surface area contributed by atoms with Gasteiger partial charge in [0.15, 0.2) is 0 Å². The average molecular weight is 263 g/mol. The molecule has 1 unspecified atom stereocenters. The number of hydrogen-bond donors (Lipinski definition) is 1. The molecule has 1 heterocycles. The Morgan fingerprint density at radius 1 is 1.32 bits per heavy atom. The number of nitrogens with zero attached hydrogens (tertiary/aromatic N) is 2. The van der Waals surface area contributed by atoms with E-state index in [9.17, 15) is 0 Å². The molecule has 0 amide bonds. The van der Waals surface area contributed by atoms with Crippen molar-refractivity contribution in [3.8, 4) is 0 Å². The lowest BCUT2D eigenvalue weighted by atomic mass is 9.76. The van der Waals surface area contributed by atoms with Crippen molar-refractivity contribution in [1.82, 2.24) is 15.1 Å². The van der Waals surface area contributed by atoms with Gasteiger partial charge in [0.1, 0.15) is 0 Å². The van der Waals surface area contributed by atoms with Crippen LogP contribution in [0.25, 0.3) is 0 Å². The van der Waals surface area contributed by atoms with Crippen LogP contribution in [0.1, 0.15) is 63.3 Å². The van der Waals surface area contributed by atoms with E-state index in [0.717, 1.165) is 18.3 Å². The standard InChI is InChI=1S/C16H29N3/c1-5-12-7-9-13(10-8-12)16(17-3)14-11-19(4)18-15(14)6-2/h11-13,16-17H,5-10H2,1-4H3. The van der Waals surface area contributed by atoms with Crippen LogP contribution in [0, 0.1) is 11.8 Å². The van der Waals surface area contributed by atoms with Crippen LogP contribution >= 0.6 is 0 Å². The van der Waals surface area contributed by atoms with Crippen LogP contribution in [0.5, 0.6) is 0 Å². The monoisotopic (exact) mass is 263 g/mol. The van der Waals surface area contributed by atoms with Crippen LogP contribution in [0.3, 0.4) is 0 Å². The highest BCUT2D eigenvalue weighted by atomic mass is 15.3. The molecule has 1 N–H and O–H groups in total. The highest BCUT2D eigenvalue weighted by molar-refractivity contribution is 5.22. The quantitative estimate of drug-likeness (QED) is 0.881. The van der Waals surface area contributed by atoms with Crippen molar-refractivity contribution in [2.75, 3.05) is 7.05 Å². The van der Waals surface area contributed by atoms with Gasteiger partial charge in [0.25, 0.3) is 0 Å². The second-order valence-electron chi connectivity index (χ2n) is 6.01. The van der Waals surface area contributed by atoms with Crippen LogP contribution in [0.2, 0.25) is 0 Å². The van der Waals surface area contributed by atoms with E-state index in [1.807, 2.05) is 11.7 Å². The third-order valence-electron chi connectivity index (χ3n) is 4.86. The fourth-order valence-corrected chi connectivity index (χ4v) is 3.66. The van der Waals surface area contributed by atoms with Gasteiger partial charge in [-0.05, 0) is 38.1 Å². The summed E-state index contributed by atoms with van der Waals surface area (Å²) < 4.78 is 1.97. The van der Waals surface area contributed by atoms with Crippen molar-refractivity contribution in [1.29, 1.82) is 0 Å². The molecule has 0 aromatic carbocycles. The van der Waals surface area contributed by atoms with Crippen molar-refractivity contribution in [2.45, 2.75) is 58.4 Å². The van der Waals surface area contributed by atoms with Gasteiger partial charge < -0.3 is 5.32 Å². The molecule has 0 radical (unpaired) electrons. The lowest BCUT2D eigenvalue weighted by molar-refractivity contribution is 0.223. The molecule has 1 atom stereocenters. The molecular formula is C16H29N3. The van der Waals surface area contributed by atoms with Gasteiger partial charge in [-0.1, -0.05) is 33.1 Å². The Labute approximate surface area is 117 Å². The number of aromatic nitrogens is 2. The van der Waals surface area contributed by atoms with Gasteiger partial charge in [-0.3, -0.25) is 4.68 Å². The molecule has 1 aliphatic carbocycles. The molecule has 0 bridgehead atoms. The minimum atomic E-state index is 0.487. The third kappa shape index (κ3) is 3.19. The predicted octanol–water partition coefficient (Wildman–Crippen LogP) is 3.46. The van der Waals surface area contributed by atoms with E-state index in [-0.39, 0.29) is 0 Å². The fraction of sp³-hybridized carbons (Fsp3) is 0.812. The Morgan fingerprint density at radius 2 is 2.00 bits per heavy atom. The summed E-state index contributed by atoms with van der Waals surface area (Å²) in [6.07, 6.45) is 10.1. The van der Waals surface area contributed by atoms with Gasteiger partial charge >= 0.3 is 0 Å². The molecule has 2 rings (SSSR count). The van der Waals surface area contributed by atoms with Crippen LogP contribution in [0.4, 0.5) is 0 Å². The van der Waals surface area contributed by atoms with Gasteiger partial charge in [0, 0.05) is 24.8 Å². The normalized spacial score (nSPS) is 25.5. The number of rotatable bonds is 5. The van der Waals surface area contributed by atoms with Crippen molar-refractivity contribution >= 4 is 0 Å². The maximum Gasteiger partial charge on any atom is 0.0669 e. The van der Waals surface area contributed by atoms with E-state index in [1.165, 1.54) is 43.4 Å². The summed E-state index contributed by atoms with van der Waals surface area (Å²) >= 11 is 0. The first-order valence-corrected chi connectivity index (χ1v) is 7.89. The van der Waals surface area contributed by atoms with E-state index in [0.29, 0.717) is 6.04 Å².